The molecule has 2 aromatic heterocycles. The standard InChI is InChI=1S/C19H22N6/c1-19(2,3)15-8-4-5-9-16(15)23-17-13-22-25-18(24-17)21-12-14-7-6-10-20-11-14/h4-11,13H,12H2,1-3H3,(H2,21,23,24,25). The maximum absolute atomic E-state index is 4.49. The molecule has 0 aliphatic rings. The Labute approximate surface area is 147 Å². The number of nitrogens with zero attached hydrogens (tertiary/aromatic N) is 4. The summed E-state index contributed by atoms with van der Waals surface area (Å²) in [4.78, 5) is 8.58. The van der Waals surface area contributed by atoms with Crippen molar-refractivity contribution in [2.24, 2.45) is 0 Å². The largest absolute Gasteiger partial charge is 0.349 e. The summed E-state index contributed by atoms with van der Waals surface area (Å²) in [5.74, 6) is 1.13. The highest BCUT2D eigenvalue weighted by Crippen LogP contribution is 2.30. The van der Waals surface area contributed by atoms with Gasteiger partial charge in [0.1, 0.15) is 0 Å². The average molecular weight is 334 g/mol. The fraction of sp³-hybridized carbons (Fsp3) is 0.263. The van der Waals surface area contributed by atoms with Crippen LogP contribution in [0.25, 0.3) is 0 Å². The third-order valence-corrected chi connectivity index (χ3v) is 3.73. The summed E-state index contributed by atoms with van der Waals surface area (Å²) in [5, 5.41) is 14.6. The van der Waals surface area contributed by atoms with Crippen molar-refractivity contribution in [3.05, 3.63) is 66.1 Å². The van der Waals surface area contributed by atoms with Gasteiger partial charge in [-0.05, 0) is 28.7 Å². The molecule has 0 radical (unpaired) electrons. The fourth-order valence-electron chi connectivity index (χ4n) is 2.51. The Kier molecular flexibility index (Phi) is 4.88. The summed E-state index contributed by atoms with van der Waals surface area (Å²) >= 11 is 0. The number of para-hydroxylation sites is 1. The Morgan fingerprint density at radius 3 is 2.60 bits per heavy atom. The number of hydrogen-bond donors (Lipinski definition) is 2. The molecule has 25 heavy (non-hydrogen) atoms. The summed E-state index contributed by atoms with van der Waals surface area (Å²) in [6.07, 6.45) is 5.18. The maximum atomic E-state index is 4.49. The smallest absolute Gasteiger partial charge is 0.244 e. The SMILES string of the molecule is CC(C)(C)c1ccccc1Nc1cnnc(NCc2cccnc2)n1. The average Bonchev–Trinajstić information content (AvgIpc) is 2.61. The highest BCUT2D eigenvalue weighted by atomic mass is 15.3. The topological polar surface area (TPSA) is 75.6 Å². The first-order chi connectivity index (χ1) is 12.0. The van der Waals surface area contributed by atoms with Gasteiger partial charge in [-0.1, -0.05) is 45.0 Å². The highest BCUT2D eigenvalue weighted by molar-refractivity contribution is 5.62. The van der Waals surface area contributed by atoms with Gasteiger partial charge in [-0.25, -0.2) is 0 Å². The molecule has 0 spiro atoms. The quantitative estimate of drug-likeness (QED) is 0.736. The summed E-state index contributed by atoms with van der Waals surface area (Å²) in [5.41, 5.74) is 3.33. The second-order valence-corrected chi connectivity index (χ2v) is 6.80. The third kappa shape index (κ3) is 4.50. The van der Waals surface area contributed by atoms with E-state index < -0.39 is 0 Å². The van der Waals surface area contributed by atoms with Gasteiger partial charge in [-0.15, -0.1) is 5.10 Å². The first kappa shape index (κ1) is 16.8. The van der Waals surface area contributed by atoms with E-state index in [9.17, 15) is 0 Å². The molecule has 2 N–H and O–H groups in total. The van der Waals surface area contributed by atoms with Crippen molar-refractivity contribution in [2.45, 2.75) is 32.7 Å². The highest BCUT2D eigenvalue weighted by Gasteiger charge is 2.17. The van der Waals surface area contributed by atoms with Crippen LogP contribution in [0.3, 0.4) is 0 Å². The minimum Gasteiger partial charge on any atom is -0.349 e. The molecule has 0 fully saturated rings. The lowest BCUT2D eigenvalue weighted by molar-refractivity contribution is 0.592. The van der Waals surface area contributed by atoms with Gasteiger partial charge in [0.2, 0.25) is 5.95 Å². The zero-order chi connectivity index (χ0) is 17.7. The molecule has 3 aromatic rings. The van der Waals surface area contributed by atoms with Crippen molar-refractivity contribution in [3.63, 3.8) is 0 Å². The first-order valence-electron chi connectivity index (χ1n) is 8.21. The molecule has 6 nitrogen and oxygen atoms in total. The number of benzene rings is 1. The van der Waals surface area contributed by atoms with Crippen molar-refractivity contribution in [1.29, 1.82) is 0 Å². The van der Waals surface area contributed by atoms with Crippen LogP contribution in [0, 0.1) is 0 Å². The molecular weight excluding hydrogens is 312 g/mol. The molecule has 6 heteroatoms. The monoisotopic (exact) mass is 334 g/mol. The van der Waals surface area contributed by atoms with Gasteiger partial charge in [0.25, 0.3) is 0 Å². The molecule has 0 unspecified atom stereocenters. The van der Waals surface area contributed by atoms with Crippen LogP contribution in [0.15, 0.2) is 55.0 Å². The van der Waals surface area contributed by atoms with Gasteiger partial charge in [-0.2, -0.15) is 10.1 Å². The molecule has 0 saturated heterocycles. The van der Waals surface area contributed by atoms with Gasteiger partial charge in [0.15, 0.2) is 5.82 Å². The zero-order valence-electron chi connectivity index (χ0n) is 14.7. The number of nitrogens with one attached hydrogen (secondary N) is 2. The van der Waals surface area contributed by atoms with Gasteiger partial charge in [0, 0.05) is 24.6 Å². The van der Waals surface area contributed by atoms with Crippen LogP contribution in [-0.2, 0) is 12.0 Å². The van der Waals surface area contributed by atoms with E-state index in [1.165, 1.54) is 5.56 Å². The molecular formula is C19H22N6. The van der Waals surface area contributed by atoms with Crippen LogP contribution in [0.1, 0.15) is 31.9 Å². The first-order valence-corrected chi connectivity index (χ1v) is 8.21. The van der Waals surface area contributed by atoms with Crippen molar-refractivity contribution in [2.75, 3.05) is 10.6 Å². The summed E-state index contributed by atoms with van der Waals surface area (Å²) < 4.78 is 0. The van der Waals surface area contributed by atoms with Crippen LogP contribution in [0.4, 0.5) is 17.5 Å². The second kappa shape index (κ2) is 7.25. The van der Waals surface area contributed by atoms with E-state index in [4.69, 9.17) is 0 Å². The van der Waals surface area contributed by atoms with Gasteiger partial charge < -0.3 is 10.6 Å². The molecule has 0 amide bonds. The van der Waals surface area contributed by atoms with Crippen LogP contribution >= 0.6 is 0 Å². The molecule has 0 bridgehead atoms. The molecule has 1 aromatic carbocycles. The van der Waals surface area contributed by atoms with E-state index in [2.05, 4.69) is 57.6 Å². The zero-order valence-corrected chi connectivity index (χ0v) is 14.7. The van der Waals surface area contributed by atoms with Crippen molar-refractivity contribution < 1.29 is 0 Å². The Morgan fingerprint density at radius 1 is 1.00 bits per heavy atom. The number of pyridine rings is 1. The lowest BCUT2D eigenvalue weighted by Gasteiger charge is -2.23. The lowest BCUT2D eigenvalue weighted by Crippen LogP contribution is -2.14. The van der Waals surface area contributed by atoms with Gasteiger partial charge in [-0.3, -0.25) is 4.98 Å². The predicted octanol–water partition coefficient (Wildman–Crippen LogP) is 3.92. The van der Waals surface area contributed by atoms with Crippen molar-refractivity contribution >= 4 is 17.5 Å². The van der Waals surface area contributed by atoms with E-state index in [-0.39, 0.29) is 5.41 Å². The minimum atomic E-state index is 0.0332. The van der Waals surface area contributed by atoms with Crippen molar-refractivity contribution in [1.82, 2.24) is 20.2 Å². The Hall–Kier alpha value is -3.02. The lowest BCUT2D eigenvalue weighted by atomic mass is 9.86. The summed E-state index contributed by atoms with van der Waals surface area (Å²) in [7, 11) is 0. The number of rotatable bonds is 5. The molecule has 0 aliphatic carbocycles. The van der Waals surface area contributed by atoms with Crippen LogP contribution < -0.4 is 10.6 Å². The molecule has 128 valence electrons. The Bertz CT molecular complexity index is 827. The van der Waals surface area contributed by atoms with Crippen molar-refractivity contribution in [3.8, 4) is 0 Å². The van der Waals surface area contributed by atoms with E-state index in [1.54, 1.807) is 12.4 Å². The normalized spacial score (nSPS) is 11.2. The second-order valence-electron chi connectivity index (χ2n) is 6.80. The number of hydrogen-bond acceptors (Lipinski definition) is 6. The van der Waals surface area contributed by atoms with Gasteiger partial charge >= 0.3 is 0 Å². The third-order valence-electron chi connectivity index (χ3n) is 3.73. The van der Waals surface area contributed by atoms with E-state index in [0.717, 1.165) is 11.3 Å². The minimum absolute atomic E-state index is 0.0332. The van der Waals surface area contributed by atoms with E-state index in [0.29, 0.717) is 18.3 Å². The van der Waals surface area contributed by atoms with Crippen LogP contribution in [-0.4, -0.2) is 20.2 Å². The Morgan fingerprint density at radius 2 is 1.84 bits per heavy atom. The van der Waals surface area contributed by atoms with Crippen LogP contribution in [0.2, 0.25) is 0 Å². The maximum Gasteiger partial charge on any atom is 0.244 e. The van der Waals surface area contributed by atoms with E-state index in [1.807, 2.05) is 36.5 Å². The summed E-state index contributed by atoms with van der Waals surface area (Å²) in [6.45, 7) is 7.16. The summed E-state index contributed by atoms with van der Waals surface area (Å²) in [6, 6.07) is 12.1. The van der Waals surface area contributed by atoms with Gasteiger partial charge in [0.05, 0.1) is 6.20 Å². The van der Waals surface area contributed by atoms with Crippen LogP contribution in [0.5, 0.6) is 0 Å². The molecule has 0 saturated carbocycles. The molecule has 0 aliphatic heterocycles. The molecule has 2 heterocycles. The molecule has 0 atom stereocenters. The number of aromatic nitrogens is 4. The predicted molar refractivity (Wildman–Crippen MR) is 99.8 cm³/mol. The fourth-order valence-corrected chi connectivity index (χ4v) is 2.51. The number of anilines is 3. The Balaban J connectivity index is 1.74. The molecule has 3 rings (SSSR count). The van der Waals surface area contributed by atoms with E-state index >= 15 is 0 Å².